The molecule has 0 saturated carbocycles. The number of amides is 1. The van der Waals surface area contributed by atoms with E-state index in [2.05, 4.69) is 0 Å². The fourth-order valence-electron chi connectivity index (χ4n) is 1.38. The van der Waals surface area contributed by atoms with Crippen LogP contribution in [0.4, 0.5) is 5.69 Å². The summed E-state index contributed by atoms with van der Waals surface area (Å²) in [4.78, 5) is 13.5. The number of hydrogen-bond donors (Lipinski definition) is 2. The Hall–Kier alpha value is -1.55. The van der Waals surface area contributed by atoms with Crippen molar-refractivity contribution in [3.05, 3.63) is 29.3 Å². The molecule has 1 aromatic rings. The summed E-state index contributed by atoms with van der Waals surface area (Å²) in [7, 11) is 1.66. The van der Waals surface area contributed by atoms with Crippen molar-refractivity contribution in [3.63, 3.8) is 0 Å². The predicted octanol–water partition coefficient (Wildman–Crippen LogP) is 1.03. The molecule has 0 aromatic heterocycles. The van der Waals surface area contributed by atoms with Crippen molar-refractivity contribution in [3.8, 4) is 0 Å². The van der Waals surface area contributed by atoms with Crippen LogP contribution >= 0.6 is 0 Å². The SMILES string of the molecule is Cc1cccc(C(=O)N(C)C(C)CO)c1N. The molecule has 1 aromatic carbocycles. The van der Waals surface area contributed by atoms with Crippen molar-refractivity contribution in [1.82, 2.24) is 4.90 Å². The maximum atomic E-state index is 12.1. The Morgan fingerprint density at radius 3 is 2.75 bits per heavy atom. The van der Waals surface area contributed by atoms with E-state index in [0.29, 0.717) is 11.3 Å². The molecule has 1 unspecified atom stereocenters. The summed E-state index contributed by atoms with van der Waals surface area (Å²) in [5.74, 6) is -0.164. The van der Waals surface area contributed by atoms with E-state index in [1.54, 1.807) is 26.1 Å². The maximum Gasteiger partial charge on any atom is 0.256 e. The molecule has 4 nitrogen and oxygen atoms in total. The highest BCUT2D eigenvalue weighted by Crippen LogP contribution is 2.18. The second kappa shape index (κ2) is 4.99. The van der Waals surface area contributed by atoms with Gasteiger partial charge in [-0.3, -0.25) is 4.79 Å². The third kappa shape index (κ3) is 2.33. The smallest absolute Gasteiger partial charge is 0.256 e. The highest BCUT2D eigenvalue weighted by atomic mass is 16.3. The summed E-state index contributed by atoms with van der Waals surface area (Å²) in [5, 5.41) is 9.00. The molecule has 0 bridgehead atoms. The molecule has 1 atom stereocenters. The van der Waals surface area contributed by atoms with Gasteiger partial charge < -0.3 is 15.7 Å². The molecule has 0 aliphatic carbocycles. The van der Waals surface area contributed by atoms with Crippen molar-refractivity contribution in [2.24, 2.45) is 0 Å². The van der Waals surface area contributed by atoms with Crippen LogP contribution in [0.3, 0.4) is 0 Å². The second-order valence-electron chi connectivity index (χ2n) is 3.98. The summed E-state index contributed by atoms with van der Waals surface area (Å²) in [6.45, 7) is 3.58. The van der Waals surface area contributed by atoms with Crippen molar-refractivity contribution in [1.29, 1.82) is 0 Å². The third-order valence-corrected chi connectivity index (χ3v) is 2.80. The molecule has 0 aliphatic heterocycles. The largest absolute Gasteiger partial charge is 0.398 e. The number of para-hydroxylation sites is 1. The van der Waals surface area contributed by atoms with Crippen molar-refractivity contribution >= 4 is 11.6 Å². The lowest BCUT2D eigenvalue weighted by atomic mass is 10.1. The van der Waals surface area contributed by atoms with Gasteiger partial charge in [0.2, 0.25) is 0 Å². The van der Waals surface area contributed by atoms with Gasteiger partial charge in [0, 0.05) is 12.7 Å². The maximum absolute atomic E-state index is 12.1. The minimum atomic E-state index is -0.215. The van der Waals surface area contributed by atoms with Gasteiger partial charge in [0.05, 0.1) is 18.2 Å². The number of aliphatic hydroxyl groups is 1. The Labute approximate surface area is 95.7 Å². The number of carbonyl (C=O) groups excluding carboxylic acids is 1. The third-order valence-electron chi connectivity index (χ3n) is 2.80. The average molecular weight is 222 g/mol. The number of likely N-dealkylation sites (N-methyl/N-ethyl adjacent to an activating group) is 1. The van der Waals surface area contributed by atoms with Crippen LogP contribution in [-0.2, 0) is 0 Å². The first-order valence-corrected chi connectivity index (χ1v) is 5.22. The zero-order valence-electron chi connectivity index (χ0n) is 9.90. The Kier molecular flexibility index (Phi) is 3.90. The van der Waals surface area contributed by atoms with Gasteiger partial charge in [-0.05, 0) is 25.5 Å². The van der Waals surface area contributed by atoms with E-state index >= 15 is 0 Å². The van der Waals surface area contributed by atoms with E-state index in [-0.39, 0.29) is 18.6 Å². The molecule has 1 amide bonds. The van der Waals surface area contributed by atoms with E-state index in [4.69, 9.17) is 10.8 Å². The highest BCUT2D eigenvalue weighted by molar-refractivity contribution is 5.99. The summed E-state index contributed by atoms with van der Waals surface area (Å²) in [6.07, 6.45) is 0. The average Bonchev–Trinajstić information content (AvgIpc) is 2.29. The van der Waals surface area contributed by atoms with Gasteiger partial charge >= 0.3 is 0 Å². The number of carbonyl (C=O) groups is 1. The zero-order valence-corrected chi connectivity index (χ0v) is 9.90. The van der Waals surface area contributed by atoms with E-state index in [9.17, 15) is 4.79 Å². The van der Waals surface area contributed by atoms with Crippen LogP contribution in [-0.4, -0.2) is 35.6 Å². The molecular weight excluding hydrogens is 204 g/mol. The van der Waals surface area contributed by atoms with Gasteiger partial charge in [-0.1, -0.05) is 12.1 Å². The van der Waals surface area contributed by atoms with E-state index in [1.165, 1.54) is 4.90 Å². The van der Waals surface area contributed by atoms with Crippen LogP contribution in [0.15, 0.2) is 18.2 Å². The van der Waals surface area contributed by atoms with Crippen molar-refractivity contribution < 1.29 is 9.90 Å². The van der Waals surface area contributed by atoms with Gasteiger partial charge in [-0.15, -0.1) is 0 Å². The fraction of sp³-hybridized carbons (Fsp3) is 0.417. The predicted molar refractivity (Wildman–Crippen MR) is 64.2 cm³/mol. The number of nitrogens with two attached hydrogens (primary N) is 1. The van der Waals surface area contributed by atoms with E-state index in [1.807, 2.05) is 13.0 Å². The van der Waals surface area contributed by atoms with Gasteiger partial charge in [-0.25, -0.2) is 0 Å². The van der Waals surface area contributed by atoms with Crippen LogP contribution < -0.4 is 5.73 Å². The minimum Gasteiger partial charge on any atom is -0.398 e. The number of aryl methyl sites for hydroxylation is 1. The van der Waals surface area contributed by atoms with Crippen LogP contribution in [0.25, 0.3) is 0 Å². The number of benzene rings is 1. The van der Waals surface area contributed by atoms with Crippen LogP contribution in [0.1, 0.15) is 22.8 Å². The molecular formula is C12H18N2O2. The number of aliphatic hydroxyl groups excluding tert-OH is 1. The normalized spacial score (nSPS) is 12.2. The quantitative estimate of drug-likeness (QED) is 0.751. The zero-order chi connectivity index (χ0) is 12.3. The highest BCUT2D eigenvalue weighted by Gasteiger charge is 2.19. The number of anilines is 1. The summed E-state index contributed by atoms with van der Waals surface area (Å²) in [6, 6.07) is 5.15. The number of nitrogen functional groups attached to an aromatic ring is 1. The van der Waals surface area contributed by atoms with Crippen LogP contribution in [0.5, 0.6) is 0 Å². The summed E-state index contributed by atoms with van der Waals surface area (Å²) >= 11 is 0. The lowest BCUT2D eigenvalue weighted by molar-refractivity contribution is 0.0683. The Morgan fingerprint density at radius 2 is 2.19 bits per heavy atom. The van der Waals surface area contributed by atoms with Gasteiger partial charge in [-0.2, -0.15) is 0 Å². The molecule has 0 radical (unpaired) electrons. The molecule has 0 spiro atoms. The molecule has 3 N–H and O–H groups in total. The van der Waals surface area contributed by atoms with E-state index in [0.717, 1.165) is 5.56 Å². The molecule has 0 fully saturated rings. The summed E-state index contributed by atoms with van der Waals surface area (Å²) < 4.78 is 0. The fourth-order valence-corrected chi connectivity index (χ4v) is 1.38. The number of hydrogen-bond acceptors (Lipinski definition) is 3. The lowest BCUT2D eigenvalue weighted by Crippen LogP contribution is -2.37. The van der Waals surface area contributed by atoms with E-state index < -0.39 is 0 Å². The lowest BCUT2D eigenvalue weighted by Gasteiger charge is -2.24. The monoisotopic (exact) mass is 222 g/mol. The molecule has 0 aliphatic rings. The van der Waals surface area contributed by atoms with Gasteiger partial charge in [0.25, 0.3) is 5.91 Å². The topological polar surface area (TPSA) is 66.6 Å². The first-order chi connectivity index (χ1) is 7.49. The molecule has 16 heavy (non-hydrogen) atoms. The first-order valence-electron chi connectivity index (χ1n) is 5.22. The first kappa shape index (κ1) is 12.5. The Morgan fingerprint density at radius 1 is 1.56 bits per heavy atom. The number of nitrogens with zero attached hydrogens (tertiary/aromatic N) is 1. The standard InChI is InChI=1S/C12H18N2O2/c1-8-5-4-6-10(11(8)13)12(16)14(3)9(2)7-15/h4-6,9,15H,7,13H2,1-3H3. The van der Waals surface area contributed by atoms with Crippen molar-refractivity contribution in [2.75, 3.05) is 19.4 Å². The molecule has 1 rings (SSSR count). The Balaban J connectivity index is 3.01. The van der Waals surface area contributed by atoms with Crippen molar-refractivity contribution in [2.45, 2.75) is 19.9 Å². The summed E-state index contributed by atoms with van der Waals surface area (Å²) in [5.41, 5.74) is 7.73. The molecule has 88 valence electrons. The van der Waals surface area contributed by atoms with Gasteiger partial charge in [0.1, 0.15) is 0 Å². The van der Waals surface area contributed by atoms with Crippen LogP contribution in [0.2, 0.25) is 0 Å². The Bertz CT molecular complexity index is 391. The molecule has 0 heterocycles. The number of rotatable bonds is 3. The second-order valence-corrected chi connectivity index (χ2v) is 3.98. The van der Waals surface area contributed by atoms with Gasteiger partial charge in [0.15, 0.2) is 0 Å². The molecule has 0 saturated heterocycles. The molecule has 4 heteroatoms. The minimum absolute atomic E-state index is 0.0615. The van der Waals surface area contributed by atoms with Crippen LogP contribution in [0, 0.1) is 6.92 Å².